The molecule has 0 heterocycles. The molecule has 0 bridgehead atoms. The first-order valence-electron chi connectivity index (χ1n) is 7.08. The molecule has 1 aromatic carbocycles. The van der Waals surface area contributed by atoms with Crippen molar-refractivity contribution in [3.8, 4) is 0 Å². The molecule has 0 radical (unpaired) electrons. The minimum atomic E-state index is -0.928. The minimum Gasteiger partial charge on any atom is -0.478 e. The molecule has 0 unspecified atom stereocenters. The number of carboxylic acid groups (broad SMARTS) is 1. The third kappa shape index (κ3) is 3.00. The molecule has 2 rings (SSSR count). The van der Waals surface area contributed by atoms with E-state index in [0.29, 0.717) is 12.3 Å². The van der Waals surface area contributed by atoms with Gasteiger partial charge in [-0.05, 0) is 42.9 Å². The maximum Gasteiger partial charge on any atom is 0.335 e. The number of nitrogens with one attached hydrogen (secondary N) is 1. The highest BCUT2D eigenvalue weighted by Crippen LogP contribution is 2.41. The number of benzene rings is 1. The summed E-state index contributed by atoms with van der Waals surface area (Å²) < 4.78 is 0. The van der Waals surface area contributed by atoms with Crippen molar-refractivity contribution in [1.82, 2.24) is 5.32 Å². The molecule has 0 saturated heterocycles. The lowest BCUT2D eigenvalue weighted by Crippen LogP contribution is -2.51. The van der Waals surface area contributed by atoms with Crippen LogP contribution in [0.15, 0.2) is 24.3 Å². The molecule has 20 heavy (non-hydrogen) atoms. The van der Waals surface area contributed by atoms with Crippen LogP contribution >= 0.6 is 0 Å². The van der Waals surface area contributed by atoms with Crippen molar-refractivity contribution in [1.29, 1.82) is 0 Å². The van der Waals surface area contributed by atoms with Crippen molar-refractivity contribution in [2.24, 2.45) is 5.92 Å². The molecule has 1 aliphatic rings. The van der Waals surface area contributed by atoms with Crippen LogP contribution in [-0.2, 0) is 10.3 Å². The van der Waals surface area contributed by atoms with E-state index in [1.54, 1.807) is 12.1 Å². The van der Waals surface area contributed by atoms with E-state index < -0.39 is 5.97 Å². The molecule has 0 aromatic heterocycles. The van der Waals surface area contributed by atoms with E-state index in [4.69, 9.17) is 5.11 Å². The largest absolute Gasteiger partial charge is 0.478 e. The zero-order valence-corrected chi connectivity index (χ0v) is 12.0. The predicted octanol–water partition coefficient (Wildman–Crippen LogP) is 2.93. The van der Waals surface area contributed by atoms with Gasteiger partial charge in [-0.3, -0.25) is 4.79 Å². The molecule has 0 atom stereocenters. The van der Waals surface area contributed by atoms with Gasteiger partial charge in [0.2, 0.25) is 5.91 Å². The monoisotopic (exact) mass is 275 g/mol. The van der Waals surface area contributed by atoms with Gasteiger partial charge >= 0.3 is 5.97 Å². The Kier molecular flexibility index (Phi) is 4.12. The van der Waals surface area contributed by atoms with Crippen LogP contribution in [0.2, 0.25) is 0 Å². The maximum atomic E-state index is 12.0. The average molecular weight is 275 g/mol. The second kappa shape index (κ2) is 5.65. The summed E-state index contributed by atoms with van der Waals surface area (Å²) in [4.78, 5) is 22.9. The fourth-order valence-corrected chi connectivity index (χ4v) is 2.64. The van der Waals surface area contributed by atoms with Crippen molar-refractivity contribution in [2.75, 3.05) is 0 Å². The summed E-state index contributed by atoms with van der Waals surface area (Å²) in [7, 11) is 0. The van der Waals surface area contributed by atoms with Crippen LogP contribution in [0.25, 0.3) is 0 Å². The lowest BCUT2D eigenvalue weighted by Gasteiger charge is -2.43. The van der Waals surface area contributed by atoms with Crippen LogP contribution < -0.4 is 5.32 Å². The van der Waals surface area contributed by atoms with E-state index >= 15 is 0 Å². The molecule has 1 aliphatic carbocycles. The fraction of sp³-hybridized carbons (Fsp3) is 0.500. The Morgan fingerprint density at radius 1 is 1.25 bits per heavy atom. The standard InChI is InChI=1S/C16H21NO3/c1-11(2)10-14(18)17-16(8-3-9-16)13-6-4-12(5-7-13)15(19)20/h4-7,11H,3,8-10H2,1-2H3,(H,17,18)(H,19,20). The Morgan fingerprint density at radius 2 is 1.85 bits per heavy atom. The molecule has 4 nitrogen and oxygen atoms in total. The van der Waals surface area contributed by atoms with Gasteiger partial charge < -0.3 is 10.4 Å². The molecule has 1 aromatic rings. The fourth-order valence-electron chi connectivity index (χ4n) is 2.64. The first-order valence-corrected chi connectivity index (χ1v) is 7.08. The number of aromatic carboxylic acids is 1. The van der Waals surface area contributed by atoms with E-state index in [1.165, 1.54) is 0 Å². The summed E-state index contributed by atoms with van der Waals surface area (Å²) in [5, 5.41) is 12.1. The normalized spacial score (nSPS) is 16.6. The molecule has 0 aliphatic heterocycles. The molecular weight excluding hydrogens is 254 g/mol. The Hall–Kier alpha value is -1.84. The van der Waals surface area contributed by atoms with Crippen LogP contribution in [0.4, 0.5) is 0 Å². The number of carbonyl (C=O) groups excluding carboxylic acids is 1. The summed E-state index contributed by atoms with van der Waals surface area (Å²) in [5.74, 6) is -0.522. The Bertz CT molecular complexity index is 501. The summed E-state index contributed by atoms with van der Waals surface area (Å²) in [6.45, 7) is 4.05. The summed E-state index contributed by atoms with van der Waals surface area (Å²) in [5.41, 5.74) is 0.991. The maximum absolute atomic E-state index is 12.0. The predicted molar refractivity (Wildman–Crippen MR) is 76.5 cm³/mol. The average Bonchev–Trinajstić information content (AvgIpc) is 2.33. The van der Waals surface area contributed by atoms with Crippen molar-refractivity contribution >= 4 is 11.9 Å². The zero-order valence-electron chi connectivity index (χ0n) is 12.0. The van der Waals surface area contributed by atoms with Gasteiger partial charge in [0.1, 0.15) is 0 Å². The van der Waals surface area contributed by atoms with Crippen molar-refractivity contribution < 1.29 is 14.7 Å². The van der Waals surface area contributed by atoms with Crippen LogP contribution in [0.3, 0.4) is 0 Å². The SMILES string of the molecule is CC(C)CC(=O)NC1(c2ccc(C(=O)O)cc2)CCC1. The van der Waals surface area contributed by atoms with Crippen molar-refractivity contribution in [3.05, 3.63) is 35.4 Å². The molecule has 108 valence electrons. The number of hydrogen-bond acceptors (Lipinski definition) is 2. The highest BCUT2D eigenvalue weighted by Gasteiger charge is 2.39. The van der Waals surface area contributed by atoms with E-state index in [-0.39, 0.29) is 17.0 Å². The first-order chi connectivity index (χ1) is 9.43. The molecule has 4 heteroatoms. The zero-order chi connectivity index (χ0) is 14.8. The van der Waals surface area contributed by atoms with Gasteiger partial charge in [0.15, 0.2) is 0 Å². The smallest absolute Gasteiger partial charge is 0.335 e. The Labute approximate surface area is 119 Å². The second-order valence-electron chi connectivity index (χ2n) is 5.96. The van der Waals surface area contributed by atoms with Crippen molar-refractivity contribution in [2.45, 2.75) is 45.1 Å². The second-order valence-corrected chi connectivity index (χ2v) is 5.96. The Morgan fingerprint density at radius 3 is 2.25 bits per heavy atom. The van der Waals surface area contributed by atoms with E-state index in [1.807, 2.05) is 26.0 Å². The number of carboxylic acids is 1. The number of carbonyl (C=O) groups is 2. The third-order valence-electron chi connectivity index (χ3n) is 3.86. The van der Waals surface area contributed by atoms with E-state index in [9.17, 15) is 9.59 Å². The number of amides is 1. The van der Waals surface area contributed by atoms with Gasteiger partial charge in [0.05, 0.1) is 11.1 Å². The lowest BCUT2D eigenvalue weighted by molar-refractivity contribution is -0.125. The first kappa shape index (κ1) is 14.6. The highest BCUT2D eigenvalue weighted by atomic mass is 16.4. The van der Waals surface area contributed by atoms with Gasteiger partial charge in [0, 0.05) is 6.42 Å². The molecule has 1 fully saturated rings. The highest BCUT2D eigenvalue weighted by molar-refractivity contribution is 5.87. The van der Waals surface area contributed by atoms with Crippen molar-refractivity contribution in [3.63, 3.8) is 0 Å². The Balaban J connectivity index is 2.14. The molecular formula is C16H21NO3. The van der Waals surface area contributed by atoms with Gasteiger partial charge in [-0.1, -0.05) is 26.0 Å². The lowest BCUT2D eigenvalue weighted by atomic mass is 9.71. The quantitative estimate of drug-likeness (QED) is 0.868. The van der Waals surface area contributed by atoms with Gasteiger partial charge in [0.25, 0.3) is 0 Å². The minimum absolute atomic E-state index is 0.0713. The van der Waals surface area contributed by atoms with Crippen LogP contribution in [-0.4, -0.2) is 17.0 Å². The topological polar surface area (TPSA) is 66.4 Å². The van der Waals surface area contributed by atoms with Gasteiger partial charge in [-0.25, -0.2) is 4.79 Å². The summed E-state index contributed by atoms with van der Waals surface area (Å²) in [6.07, 6.45) is 3.45. The van der Waals surface area contributed by atoms with Crippen LogP contribution in [0.1, 0.15) is 55.5 Å². The molecule has 2 N–H and O–H groups in total. The molecule has 0 spiro atoms. The van der Waals surface area contributed by atoms with Gasteiger partial charge in [-0.2, -0.15) is 0 Å². The van der Waals surface area contributed by atoms with Crippen LogP contribution in [0.5, 0.6) is 0 Å². The number of hydrogen-bond donors (Lipinski definition) is 2. The summed E-state index contributed by atoms with van der Waals surface area (Å²) >= 11 is 0. The van der Waals surface area contributed by atoms with Gasteiger partial charge in [-0.15, -0.1) is 0 Å². The molecule has 1 amide bonds. The van der Waals surface area contributed by atoms with E-state index in [0.717, 1.165) is 24.8 Å². The number of rotatable bonds is 5. The molecule has 1 saturated carbocycles. The van der Waals surface area contributed by atoms with E-state index in [2.05, 4.69) is 5.32 Å². The van der Waals surface area contributed by atoms with Crippen LogP contribution in [0, 0.1) is 5.92 Å². The summed E-state index contributed by atoms with van der Waals surface area (Å²) in [6, 6.07) is 6.84. The third-order valence-corrected chi connectivity index (χ3v) is 3.86.